The standard InChI is InChI=1S/C15H16ClN3S/c1-10-4-7-17-15-14(10)18-13(3-6-16)19(15)11(2)12-5-8-20-9-12/h4-5,7-9,11H,3,6H2,1-2H3. The first kappa shape index (κ1) is 13.6. The molecule has 0 aliphatic rings. The molecule has 104 valence electrons. The highest BCUT2D eigenvalue weighted by Crippen LogP contribution is 2.27. The zero-order valence-electron chi connectivity index (χ0n) is 11.5. The molecule has 0 saturated heterocycles. The molecule has 5 heteroatoms. The second-order valence-corrected chi connectivity index (χ2v) is 6.03. The highest BCUT2D eigenvalue weighted by molar-refractivity contribution is 7.07. The van der Waals surface area contributed by atoms with Gasteiger partial charge in [0.05, 0.1) is 6.04 Å². The second kappa shape index (κ2) is 5.54. The first-order valence-electron chi connectivity index (χ1n) is 6.63. The lowest BCUT2D eigenvalue weighted by Crippen LogP contribution is -2.11. The normalized spacial score (nSPS) is 12.9. The van der Waals surface area contributed by atoms with Crippen molar-refractivity contribution in [2.45, 2.75) is 26.3 Å². The Hall–Kier alpha value is -1.39. The van der Waals surface area contributed by atoms with E-state index in [1.165, 1.54) is 5.56 Å². The van der Waals surface area contributed by atoms with E-state index in [1.54, 1.807) is 11.3 Å². The fourth-order valence-corrected chi connectivity index (χ4v) is 3.40. The van der Waals surface area contributed by atoms with Gasteiger partial charge in [-0.05, 0) is 47.9 Å². The summed E-state index contributed by atoms with van der Waals surface area (Å²) in [5, 5.41) is 4.28. The second-order valence-electron chi connectivity index (χ2n) is 4.87. The number of alkyl halides is 1. The maximum atomic E-state index is 5.93. The molecular weight excluding hydrogens is 290 g/mol. The molecule has 0 amide bonds. The maximum Gasteiger partial charge on any atom is 0.160 e. The Kier molecular flexibility index (Phi) is 3.76. The average molecular weight is 306 g/mol. The molecular formula is C15H16ClN3S. The summed E-state index contributed by atoms with van der Waals surface area (Å²) in [6.07, 6.45) is 2.60. The van der Waals surface area contributed by atoms with Crippen molar-refractivity contribution in [3.8, 4) is 0 Å². The van der Waals surface area contributed by atoms with Crippen LogP contribution in [0, 0.1) is 6.92 Å². The molecule has 3 aromatic heterocycles. The van der Waals surface area contributed by atoms with E-state index in [2.05, 4.69) is 40.2 Å². The molecule has 3 heterocycles. The van der Waals surface area contributed by atoms with Gasteiger partial charge in [0.15, 0.2) is 5.65 Å². The number of aryl methyl sites for hydroxylation is 2. The van der Waals surface area contributed by atoms with E-state index in [9.17, 15) is 0 Å². The molecule has 3 rings (SSSR count). The molecule has 0 aromatic carbocycles. The first-order chi connectivity index (χ1) is 9.72. The van der Waals surface area contributed by atoms with E-state index in [0.717, 1.165) is 29.0 Å². The van der Waals surface area contributed by atoms with Gasteiger partial charge in [0.2, 0.25) is 0 Å². The number of pyridine rings is 1. The summed E-state index contributed by atoms with van der Waals surface area (Å²) in [5.41, 5.74) is 4.37. The van der Waals surface area contributed by atoms with Gasteiger partial charge in [0.25, 0.3) is 0 Å². The number of fused-ring (bicyclic) bond motifs is 1. The van der Waals surface area contributed by atoms with E-state index < -0.39 is 0 Å². The zero-order valence-corrected chi connectivity index (χ0v) is 13.1. The molecule has 0 fully saturated rings. The van der Waals surface area contributed by atoms with Gasteiger partial charge in [0.1, 0.15) is 11.3 Å². The molecule has 0 spiro atoms. The van der Waals surface area contributed by atoms with Crippen molar-refractivity contribution in [2.75, 3.05) is 5.88 Å². The largest absolute Gasteiger partial charge is 0.305 e. The minimum atomic E-state index is 0.221. The van der Waals surface area contributed by atoms with Crippen molar-refractivity contribution in [1.82, 2.24) is 14.5 Å². The number of hydrogen-bond acceptors (Lipinski definition) is 3. The van der Waals surface area contributed by atoms with Crippen LogP contribution in [0.4, 0.5) is 0 Å². The van der Waals surface area contributed by atoms with Crippen LogP contribution in [-0.2, 0) is 6.42 Å². The third kappa shape index (κ3) is 2.23. The van der Waals surface area contributed by atoms with Crippen molar-refractivity contribution in [2.24, 2.45) is 0 Å². The molecule has 3 nitrogen and oxygen atoms in total. The summed E-state index contributed by atoms with van der Waals surface area (Å²) in [6, 6.07) is 4.37. The van der Waals surface area contributed by atoms with Gasteiger partial charge in [-0.3, -0.25) is 0 Å². The lowest BCUT2D eigenvalue weighted by molar-refractivity contribution is 0.621. The van der Waals surface area contributed by atoms with Crippen LogP contribution in [0.2, 0.25) is 0 Å². The minimum absolute atomic E-state index is 0.221. The average Bonchev–Trinajstić information content (AvgIpc) is 3.06. The van der Waals surface area contributed by atoms with E-state index >= 15 is 0 Å². The van der Waals surface area contributed by atoms with Crippen LogP contribution in [-0.4, -0.2) is 20.4 Å². The Labute approximate surface area is 127 Å². The summed E-state index contributed by atoms with van der Waals surface area (Å²) in [5.74, 6) is 1.58. The van der Waals surface area contributed by atoms with Gasteiger partial charge in [0, 0.05) is 18.5 Å². The van der Waals surface area contributed by atoms with Crippen molar-refractivity contribution >= 4 is 34.1 Å². The van der Waals surface area contributed by atoms with Crippen LogP contribution in [0.5, 0.6) is 0 Å². The van der Waals surface area contributed by atoms with Crippen LogP contribution in [0.15, 0.2) is 29.1 Å². The highest BCUT2D eigenvalue weighted by Gasteiger charge is 2.19. The van der Waals surface area contributed by atoms with Gasteiger partial charge >= 0.3 is 0 Å². The molecule has 1 unspecified atom stereocenters. The molecule has 1 atom stereocenters. The summed E-state index contributed by atoms with van der Waals surface area (Å²) >= 11 is 7.65. The summed E-state index contributed by atoms with van der Waals surface area (Å²) in [4.78, 5) is 9.29. The number of hydrogen-bond donors (Lipinski definition) is 0. The molecule has 20 heavy (non-hydrogen) atoms. The molecule has 0 aliphatic carbocycles. The number of rotatable bonds is 4. The third-order valence-corrected chi connectivity index (χ3v) is 4.48. The van der Waals surface area contributed by atoms with Gasteiger partial charge in [-0.2, -0.15) is 11.3 Å². The lowest BCUT2D eigenvalue weighted by Gasteiger charge is -2.15. The number of imidazole rings is 1. The van der Waals surface area contributed by atoms with Gasteiger partial charge in [-0.1, -0.05) is 0 Å². The van der Waals surface area contributed by atoms with Gasteiger partial charge < -0.3 is 4.57 Å². The number of aromatic nitrogens is 3. The quantitative estimate of drug-likeness (QED) is 0.677. The number of nitrogens with zero attached hydrogens (tertiary/aromatic N) is 3. The zero-order chi connectivity index (χ0) is 14.1. The van der Waals surface area contributed by atoms with Crippen molar-refractivity contribution in [1.29, 1.82) is 0 Å². The van der Waals surface area contributed by atoms with Crippen LogP contribution < -0.4 is 0 Å². The molecule has 3 aromatic rings. The topological polar surface area (TPSA) is 30.7 Å². The predicted molar refractivity (Wildman–Crippen MR) is 84.8 cm³/mol. The Bertz CT molecular complexity index is 718. The van der Waals surface area contributed by atoms with Crippen LogP contribution >= 0.6 is 22.9 Å². The van der Waals surface area contributed by atoms with Crippen molar-refractivity contribution in [3.05, 3.63) is 46.0 Å². The molecule has 0 radical (unpaired) electrons. The number of thiophene rings is 1. The Balaban J connectivity index is 2.21. The van der Waals surface area contributed by atoms with Gasteiger partial charge in [-0.25, -0.2) is 9.97 Å². The number of halogens is 1. The van der Waals surface area contributed by atoms with Crippen molar-refractivity contribution in [3.63, 3.8) is 0 Å². The van der Waals surface area contributed by atoms with E-state index in [4.69, 9.17) is 16.6 Å². The van der Waals surface area contributed by atoms with E-state index in [0.29, 0.717) is 5.88 Å². The molecule has 0 aliphatic heterocycles. The van der Waals surface area contributed by atoms with Crippen molar-refractivity contribution < 1.29 is 0 Å². The summed E-state index contributed by atoms with van der Waals surface area (Å²) in [7, 11) is 0. The van der Waals surface area contributed by atoms with Crippen LogP contribution in [0.3, 0.4) is 0 Å². The molecule has 0 bridgehead atoms. The monoisotopic (exact) mass is 305 g/mol. The van der Waals surface area contributed by atoms with Crippen LogP contribution in [0.1, 0.15) is 29.9 Å². The lowest BCUT2D eigenvalue weighted by atomic mass is 10.1. The predicted octanol–water partition coefficient (Wildman–Crippen LogP) is 4.19. The van der Waals surface area contributed by atoms with E-state index in [-0.39, 0.29) is 6.04 Å². The van der Waals surface area contributed by atoms with Crippen LogP contribution in [0.25, 0.3) is 11.2 Å². The maximum absolute atomic E-state index is 5.93. The highest BCUT2D eigenvalue weighted by atomic mass is 35.5. The summed E-state index contributed by atoms with van der Waals surface area (Å²) < 4.78 is 2.22. The smallest absolute Gasteiger partial charge is 0.160 e. The Morgan fingerprint density at radius 2 is 2.25 bits per heavy atom. The minimum Gasteiger partial charge on any atom is -0.305 e. The SMILES string of the molecule is Cc1ccnc2c1nc(CCCl)n2C(C)c1ccsc1. The fourth-order valence-electron chi connectivity index (χ4n) is 2.49. The Morgan fingerprint density at radius 1 is 1.40 bits per heavy atom. The summed E-state index contributed by atoms with van der Waals surface area (Å²) in [6.45, 7) is 4.26. The molecule has 0 N–H and O–H groups in total. The Morgan fingerprint density at radius 3 is 2.95 bits per heavy atom. The first-order valence-corrected chi connectivity index (χ1v) is 8.10. The van der Waals surface area contributed by atoms with E-state index in [1.807, 2.05) is 12.3 Å². The fraction of sp³-hybridized carbons (Fsp3) is 0.333. The third-order valence-electron chi connectivity index (χ3n) is 3.58. The van der Waals surface area contributed by atoms with Gasteiger partial charge in [-0.15, -0.1) is 11.6 Å². The molecule has 0 saturated carbocycles.